The minimum atomic E-state index is 0. The van der Waals surface area contributed by atoms with Crippen LogP contribution in [0, 0.1) is 0 Å². The molecule has 1 aliphatic heterocycles. The smallest absolute Gasteiger partial charge is 0.167 e. The molecule has 1 aromatic heterocycles. The van der Waals surface area contributed by atoms with E-state index in [0.29, 0.717) is 5.25 Å². The highest BCUT2D eigenvalue weighted by Gasteiger charge is 2.17. The molecule has 0 radical (unpaired) electrons. The average Bonchev–Trinajstić information content (AvgIpc) is 2.65. The van der Waals surface area contributed by atoms with Crippen molar-refractivity contribution in [3.63, 3.8) is 0 Å². The van der Waals surface area contributed by atoms with Crippen LogP contribution in [0.1, 0.15) is 6.42 Å². The SMILES string of the molecule is Cl.Cn1ccnc1SC1CCNC1. The third kappa shape index (κ3) is 2.62. The van der Waals surface area contributed by atoms with E-state index in [4.69, 9.17) is 0 Å². The van der Waals surface area contributed by atoms with Gasteiger partial charge in [0.2, 0.25) is 0 Å². The van der Waals surface area contributed by atoms with Crippen LogP contribution >= 0.6 is 24.2 Å². The fourth-order valence-corrected chi connectivity index (χ4v) is 2.43. The van der Waals surface area contributed by atoms with Crippen molar-refractivity contribution in [3.8, 4) is 0 Å². The van der Waals surface area contributed by atoms with E-state index in [2.05, 4.69) is 14.9 Å². The van der Waals surface area contributed by atoms with Crippen molar-refractivity contribution in [1.29, 1.82) is 0 Å². The zero-order valence-electron chi connectivity index (χ0n) is 7.56. The predicted octanol–water partition coefficient (Wildman–Crippen LogP) is 1.30. The molecular weight excluding hydrogens is 206 g/mol. The molecule has 0 spiro atoms. The summed E-state index contributed by atoms with van der Waals surface area (Å²) < 4.78 is 2.07. The number of nitrogens with zero attached hydrogens (tertiary/aromatic N) is 2. The lowest BCUT2D eigenvalue weighted by molar-refractivity contribution is 0.783. The van der Waals surface area contributed by atoms with Crippen molar-refractivity contribution < 1.29 is 0 Å². The molecule has 0 amide bonds. The summed E-state index contributed by atoms with van der Waals surface area (Å²) in [5, 5.41) is 5.19. The first-order valence-electron chi connectivity index (χ1n) is 4.21. The van der Waals surface area contributed by atoms with E-state index < -0.39 is 0 Å². The van der Waals surface area contributed by atoms with E-state index in [1.165, 1.54) is 6.42 Å². The molecule has 13 heavy (non-hydrogen) atoms. The highest BCUT2D eigenvalue weighted by atomic mass is 35.5. The molecule has 74 valence electrons. The van der Waals surface area contributed by atoms with Crippen molar-refractivity contribution in [1.82, 2.24) is 14.9 Å². The van der Waals surface area contributed by atoms with Crippen LogP contribution in [0.15, 0.2) is 17.6 Å². The highest BCUT2D eigenvalue weighted by Crippen LogP contribution is 2.24. The van der Waals surface area contributed by atoms with Gasteiger partial charge in [0.05, 0.1) is 0 Å². The van der Waals surface area contributed by atoms with Crippen molar-refractivity contribution in [2.45, 2.75) is 16.8 Å². The molecule has 2 heterocycles. The van der Waals surface area contributed by atoms with E-state index in [9.17, 15) is 0 Å². The largest absolute Gasteiger partial charge is 0.329 e. The number of nitrogens with one attached hydrogen (secondary N) is 1. The molecule has 1 saturated heterocycles. The van der Waals surface area contributed by atoms with Gasteiger partial charge in [-0.3, -0.25) is 0 Å². The van der Waals surface area contributed by atoms with Crippen molar-refractivity contribution >= 4 is 24.2 Å². The molecule has 1 unspecified atom stereocenters. The topological polar surface area (TPSA) is 29.9 Å². The standard InChI is InChI=1S/C8H13N3S.ClH/c1-11-5-4-10-8(11)12-7-2-3-9-6-7;/h4-5,7,9H,2-3,6H2,1H3;1H. The van der Waals surface area contributed by atoms with Crippen LogP contribution in [0.4, 0.5) is 0 Å². The van der Waals surface area contributed by atoms with Gasteiger partial charge in [0.25, 0.3) is 0 Å². The molecule has 0 aromatic carbocycles. The first-order valence-corrected chi connectivity index (χ1v) is 5.09. The molecule has 0 aliphatic carbocycles. The van der Waals surface area contributed by atoms with Crippen molar-refractivity contribution in [2.75, 3.05) is 13.1 Å². The van der Waals surface area contributed by atoms with Gasteiger partial charge in [-0.1, -0.05) is 11.8 Å². The molecule has 1 aliphatic rings. The Kier molecular flexibility index (Phi) is 4.09. The van der Waals surface area contributed by atoms with Gasteiger partial charge in [-0.25, -0.2) is 4.98 Å². The molecular formula is C8H14ClN3S. The Labute approximate surface area is 88.7 Å². The summed E-state index contributed by atoms with van der Waals surface area (Å²) in [6.07, 6.45) is 5.10. The molecule has 5 heteroatoms. The number of hydrogen-bond acceptors (Lipinski definition) is 3. The molecule has 1 N–H and O–H groups in total. The summed E-state index contributed by atoms with van der Waals surface area (Å²) in [4.78, 5) is 4.28. The van der Waals surface area contributed by atoms with Crippen LogP contribution in [0.2, 0.25) is 0 Å². The fourth-order valence-electron chi connectivity index (χ4n) is 1.34. The van der Waals surface area contributed by atoms with Crippen LogP contribution in [0.5, 0.6) is 0 Å². The number of aryl methyl sites for hydroxylation is 1. The highest BCUT2D eigenvalue weighted by molar-refractivity contribution is 7.99. The first-order chi connectivity index (χ1) is 5.86. The van der Waals surface area contributed by atoms with Crippen molar-refractivity contribution in [3.05, 3.63) is 12.4 Å². The Hall–Kier alpha value is -0.190. The number of aromatic nitrogens is 2. The normalized spacial score (nSPS) is 21.5. The zero-order chi connectivity index (χ0) is 8.39. The van der Waals surface area contributed by atoms with E-state index in [-0.39, 0.29) is 12.4 Å². The average molecular weight is 220 g/mol. The quantitative estimate of drug-likeness (QED) is 0.813. The van der Waals surface area contributed by atoms with Crippen molar-refractivity contribution in [2.24, 2.45) is 7.05 Å². The summed E-state index contributed by atoms with van der Waals surface area (Å²) in [7, 11) is 2.04. The molecule has 0 bridgehead atoms. The fraction of sp³-hybridized carbons (Fsp3) is 0.625. The maximum atomic E-state index is 4.28. The summed E-state index contributed by atoms with van der Waals surface area (Å²) in [6.45, 7) is 2.28. The van der Waals surface area contributed by atoms with Crippen LogP contribution in [-0.4, -0.2) is 27.9 Å². The minimum absolute atomic E-state index is 0. The first kappa shape index (κ1) is 10.9. The van der Waals surface area contributed by atoms with Gasteiger partial charge in [0.1, 0.15) is 0 Å². The van der Waals surface area contributed by atoms with E-state index in [1.807, 2.05) is 31.2 Å². The van der Waals surface area contributed by atoms with E-state index >= 15 is 0 Å². The summed E-state index contributed by atoms with van der Waals surface area (Å²) in [6, 6.07) is 0. The summed E-state index contributed by atoms with van der Waals surface area (Å²) in [5.74, 6) is 0. The monoisotopic (exact) mass is 219 g/mol. The summed E-state index contributed by atoms with van der Waals surface area (Å²) in [5.41, 5.74) is 0. The Morgan fingerprint density at radius 2 is 2.54 bits per heavy atom. The second-order valence-corrected chi connectivity index (χ2v) is 4.32. The van der Waals surface area contributed by atoms with Gasteiger partial charge >= 0.3 is 0 Å². The Morgan fingerprint density at radius 3 is 3.08 bits per heavy atom. The third-order valence-electron chi connectivity index (χ3n) is 2.06. The van der Waals surface area contributed by atoms with Crippen LogP contribution in [0.25, 0.3) is 0 Å². The van der Waals surface area contributed by atoms with E-state index in [0.717, 1.165) is 18.2 Å². The Morgan fingerprint density at radius 1 is 1.69 bits per heavy atom. The molecule has 1 aromatic rings. The maximum absolute atomic E-state index is 4.28. The molecule has 1 atom stereocenters. The summed E-state index contributed by atoms with van der Waals surface area (Å²) >= 11 is 1.87. The van der Waals surface area contributed by atoms with Crippen LogP contribution < -0.4 is 5.32 Å². The van der Waals surface area contributed by atoms with Gasteiger partial charge in [-0.2, -0.15) is 0 Å². The number of hydrogen-bond donors (Lipinski definition) is 1. The van der Waals surface area contributed by atoms with E-state index in [1.54, 1.807) is 0 Å². The zero-order valence-corrected chi connectivity index (χ0v) is 9.20. The third-order valence-corrected chi connectivity index (χ3v) is 3.40. The molecule has 2 rings (SSSR count). The van der Waals surface area contributed by atoms with Crippen LogP contribution in [-0.2, 0) is 7.05 Å². The van der Waals surface area contributed by atoms with Crippen LogP contribution in [0.3, 0.4) is 0 Å². The van der Waals surface area contributed by atoms with Gasteiger partial charge in [-0.15, -0.1) is 12.4 Å². The molecule has 1 fully saturated rings. The van der Waals surface area contributed by atoms with Gasteiger partial charge in [0, 0.05) is 31.2 Å². The van der Waals surface area contributed by atoms with Gasteiger partial charge in [0.15, 0.2) is 5.16 Å². The van der Waals surface area contributed by atoms with Gasteiger partial charge in [-0.05, 0) is 13.0 Å². The lowest BCUT2D eigenvalue weighted by Gasteiger charge is -2.06. The molecule has 3 nitrogen and oxygen atoms in total. The number of rotatable bonds is 2. The number of thioether (sulfide) groups is 1. The number of halogens is 1. The Bertz CT molecular complexity index is 258. The second kappa shape index (κ2) is 4.88. The number of imidazole rings is 1. The van der Waals surface area contributed by atoms with Gasteiger partial charge < -0.3 is 9.88 Å². The predicted molar refractivity (Wildman–Crippen MR) is 57.6 cm³/mol. The molecule has 0 saturated carbocycles. The lowest BCUT2D eigenvalue weighted by Crippen LogP contribution is -2.10. The maximum Gasteiger partial charge on any atom is 0.167 e. The lowest BCUT2D eigenvalue weighted by atomic mass is 10.4. The second-order valence-electron chi connectivity index (χ2n) is 3.05. The minimum Gasteiger partial charge on any atom is -0.329 e. The Balaban J connectivity index is 0.000000845.